The maximum atomic E-state index is 12.9. The summed E-state index contributed by atoms with van der Waals surface area (Å²) in [7, 11) is 0. The van der Waals surface area contributed by atoms with E-state index in [9.17, 15) is 9.18 Å². The van der Waals surface area contributed by atoms with Crippen LogP contribution in [0.25, 0.3) is 0 Å². The summed E-state index contributed by atoms with van der Waals surface area (Å²) in [6.45, 7) is 3.75. The average molecular weight is 416 g/mol. The van der Waals surface area contributed by atoms with Crippen LogP contribution < -0.4 is 4.74 Å². The number of ether oxygens (including phenoxy) is 2. The molecule has 0 saturated carbocycles. The molecule has 8 heteroatoms. The molecule has 3 heterocycles. The molecule has 0 unspecified atom stereocenters. The lowest BCUT2D eigenvalue weighted by molar-refractivity contribution is 0.0416. The highest BCUT2D eigenvalue weighted by atomic mass is 32.1. The Bertz CT molecular complexity index is 969. The molecule has 0 radical (unpaired) electrons. The fourth-order valence-corrected chi connectivity index (χ4v) is 3.74. The summed E-state index contributed by atoms with van der Waals surface area (Å²) in [5, 5.41) is 3.01. The molecule has 152 valence electrons. The van der Waals surface area contributed by atoms with Gasteiger partial charge in [-0.15, -0.1) is 11.3 Å². The number of thiazole rings is 1. The summed E-state index contributed by atoms with van der Waals surface area (Å²) < 4.78 is 30.0. The molecule has 4 rings (SSSR count). The number of carbonyl (C=O) groups is 1. The number of carbonyl (C=O) groups excluding carboxylic acids is 1. The first kappa shape index (κ1) is 19.6. The Labute approximate surface area is 171 Å². The van der Waals surface area contributed by atoms with Gasteiger partial charge in [0, 0.05) is 18.5 Å². The van der Waals surface area contributed by atoms with Crippen LogP contribution in [0, 0.1) is 12.7 Å². The molecular weight excluding hydrogens is 395 g/mol. The molecule has 29 heavy (non-hydrogen) atoms. The number of hydrogen-bond acceptors (Lipinski definition) is 6. The van der Waals surface area contributed by atoms with E-state index in [-0.39, 0.29) is 30.2 Å². The first-order valence-corrected chi connectivity index (χ1v) is 10.2. The van der Waals surface area contributed by atoms with Gasteiger partial charge in [-0.05, 0) is 49.7 Å². The molecule has 1 aromatic carbocycles. The Morgan fingerprint density at radius 2 is 2.10 bits per heavy atom. The number of nitrogens with zero attached hydrogens (tertiary/aromatic N) is 2. The number of amides is 1. The van der Waals surface area contributed by atoms with Gasteiger partial charge in [0.15, 0.2) is 5.76 Å². The van der Waals surface area contributed by atoms with Gasteiger partial charge < -0.3 is 18.8 Å². The monoisotopic (exact) mass is 416 g/mol. The molecular formula is C21H21FN2O4S. The van der Waals surface area contributed by atoms with E-state index >= 15 is 0 Å². The Kier molecular flexibility index (Phi) is 5.92. The van der Waals surface area contributed by atoms with Gasteiger partial charge in [-0.1, -0.05) is 0 Å². The highest BCUT2D eigenvalue weighted by Crippen LogP contribution is 2.20. The Hall–Kier alpha value is -2.71. The Balaban J connectivity index is 1.27. The molecule has 1 aliphatic rings. The zero-order chi connectivity index (χ0) is 20.2. The fraction of sp³-hybridized carbons (Fsp3) is 0.333. The minimum absolute atomic E-state index is 0.00259. The molecule has 1 atom stereocenters. The quantitative estimate of drug-likeness (QED) is 0.578. The van der Waals surface area contributed by atoms with Crippen molar-refractivity contribution in [3.63, 3.8) is 0 Å². The topological polar surface area (TPSA) is 64.8 Å². The molecule has 1 aliphatic heterocycles. The van der Waals surface area contributed by atoms with E-state index in [0.717, 1.165) is 17.1 Å². The summed E-state index contributed by atoms with van der Waals surface area (Å²) in [4.78, 5) is 18.8. The number of likely N-dealkylation sites (tertiary alicyclic amines) is 1. The number of aromatic nitrogens is 1. The maximum absolute atomic E-state index is 12.9. The van der Waals surface area contributed by atoms with Crippen molar-refractivity contribution in [3.8, 4) is 5.75 Å². The normalized spacial score (nSPS) is 16.3. The van der Waals surface area contributed by atoms with E-state index in [0.29, 0.717) is 31.2 Å². The van der Waals surface area contributed by atoms with Gasteiger partial charge in [0.25, 0.3) is 5.91 Å². The van der Waals surface area contributed by atoms with Crippen molar-refractivity contribution in [1.29, 1.82) is 0 Å². The van der Waals surface area contributed by atoms with Gasteiger partial charge in [-0.3, -0.25) is 4.79 Å². The van der Waals surface area contributed by atoms with Gasteiger partial charge in [0.1, 0.15) is 23.9 Å². The molecule has 1 fully saturated rings. The summed E-state index contributed by atoms with van der Waals surface area (Å²) in [5.41, 5.74) is 0.925. The number of rotatable bonds is 7. The Morgan fingerprint density at radius 3 is 2.86 bits per heavy atom. The minimum atomic E-state index is -0.321. The van der Waals surface area contributed by atoms with Crippen LogP contribution in [0.5, 0.6) is 5.75 Å². The van der Waals surface area contributed by atoms with Crippen LogP contribution in [0.4, 0.5) is 4.39 Å². The molecule has 0 N–H and O–H groups in total. The summed E-state index contributed by atoms with van der Waals surface area (Å²) in [6, 6.07) is 9.11. The molecule has 2 aromatic heterocycles. The number of hydrogen-bond donors (Lipinski definition) is 0. The van der Waals surface area contributed by atoms with Crippen molar-refractivity contribution in [2.24, 2.45) is 0 Å². The van der Waals surface area contributed by atoms with Crippen LogP contribution in [0.2, 0.25) is 0 Å². The van der Waals surface area contributed by atoms with E-state index in [1.54, 1.807) is 40.5 Å². The van der Waals surface area contributed by atoms with E-state index in [1.165, 1.54) is 12.1 Å². The summed E-state index contributed by atoms with van der Waals surface area (Å²) in [5.74, 6) is 0.860. The number of benzene rings is 1. The van der Waals surface area contributed by atoms with E-state index in [2.05, 4.69) is 4.98 Å². The lowest BCUT2D eigenvalue weighted by Gasteiger charge is -2.15. The second kappa shape index (κ2) is 8.75. The van der Waals surface area contributed by atoms with Crippen LogP contribution in [0.3, 0.4) is 0 Å². The van der Waals surface area contributed by atoms with Crippen LogP contribution in [0.15, 0.2) is 46.2 Å². The average Bonchev–Trinajstić information content (AvgIpc) is 3.46. The Morgan fingerprint density at radius 1 is 1.28 bits per heavy atom. The van der Waals surface area contributed by atoms with Gasteiger partial charge in [0.05, 0.1) is 23.4 Å². The van der Waals surface area contributed by atoms with Crippen LogP contribution >= 0.6 is 11.3 Å². The second-order valence-corrected chi connectivity index (χ2v) is 7.90. The number of halogens is 1. The molecule has 3 aromatic rings. The van der Waals surface area contributed by atoms with Crippen molar-refractivity contribution < 1.29 is 23.1 Å². The second-order valence-electron chi connectivity index (χ2n) is 6.84. The molecule has 6 nitrogen and oxygen atoms in total. The predicted octanol–water partition coefficient (Wildman–Crippen LogP) is 4.19. The van der Waals surface area contributed by atoms with E-state index in [4.69, 9.17) is 13.9 Å². The van der Waals surface area contributed by atoms with Crippen LogP contribution in [-0.4, -0.2) is 35.0 Å². The zero-order valence-electron chi connectivity index (χ0n) is 16.0. The third kappa shape index (κ3) is 5.02. The van der Waals surface area contributed by atoms with Crippen molar-refractivity contribution in [3.05, 3.63) is 69.8 Å². The molecule has 1 amide bonds. The molecule has 0 spiro atoms. The van der Waals surface area contributed by atoms with Crippen LogP contribution in [0.1, 0.15) is 33.4 Å². The smallest absolute Gasteiger partial charge is 0.289 e. The van der Waals surface area contributed by atoms with Crippen molar-refractivity contribution in [2.45, 2.75) is 32.7 Å². The van der Waals surface area contributed by atoms with Gasteiger partial charge in [-0.2, -0.15) is 0 Å². The molecule has 1 saturated heterocycles. The highest BCUT2D eigenvalue weighted by Gasteiger charge is 2.29. The minimum Gasteiger partial charge on any atom is -0.486 e. The largest absolute Gasteiger partial charge is 0.486 e. The highest BCUT2D eigenvalue weighted by molar-refractivity contribution is 7.09. The van der Waals surface area contributed by atoms with E-state index < -0.39 is 0 Å². The molecule has 0 aliphatic carbocycles. The third-order valence-electron chi connectivity index (χ3n) is 4.63. The standard InChI is InChI=1S/C21H21FN2O4S/c1-14-23-16(13-29-14)11-26-18-8-9-24(10-18)21(25)20-7-6-19(28-20)12-27-17-4-2-15(22)3-5-17/h2-7,13,18H,8-12H2,1H3/t18-/m0/s1. The first-order valence-electron chi connectivity index (χ1n) is 9.36. The predicted molar refractivity (Wildman–Crippen MR) is 105 cm³/mol. The fourth-order valence-electron chi connectivity index (χ4n) is 3.14. The summed E-state index contributed by atoms with van der Waals surface area (Å²) >= 11 is 1.60. The van der Waals surface area contributed by atoms with Crippen molar-refractivity contribution >= 4 is 17.2 Å². The number of furan rings is 1. The maximum Gasteiger partial charge on any atom is 0.289 e. The first-order chi connectivity index (χ1) is 14.1. The SMILES string of the molecule is Cc1nc(CO[C@H]2CCN(C(=O)c3ccc(COc4ccc(F)cc4)o3)C2)cs1. The van der Waals surface area contributed by atoms with Crippen LogP contribution in [-0.2, 0) is 18.0 Å². The molecule has 0 bridgehead atoms. The lowest BCUT2D eigenvalue weighted by atomic mass is 10.3. The third-order valence-corrected chi connectivity index (χ3v) is 5.46. The van der Waals surface area contributed by atoms with Gasteiger partial charge >= 0.3 is 0 Å². The van der Waals surface area contributed by atoms with E-state index in [1.807, 2.05) is 12.3 Å². The van der Waals surface area contributed by atoms with Crippen molar-refractivity contribution in [2.75, 3.05) is 13.1 Å². The number of aryl methyl sites for hydroxylation is 1. The van der Waals surface area contributed by atoms with Gasteiger partial charge in [0.2, 0.25) is 0 Å². The zero-order valence-corrected chi connectivity index (χ0v) is 16.8. The van der Waals surface area contributed by atoms with Crippen molar-refractivity contribution in [1.82, 2.24) is 9.88 Å². The summed E-state index contributed by atoms with van der Waals surface area (Å²) in [6.07, 6.45) is 0.785. The van der Waals surface area contributed by atoms with Gasteiger partial charge in [-0.25, -0.2) is 9.37 Å². The lowest BCUT2D eigenvalue weighted by Crippen LogP contribution is -2.29.